The number of nitrogens with zero attached hydrogens (tertiary/aromatic N) is 1. The van der Waals surface area contributed by atoms with Crippen LogP contribution in [0.4, 0.5) is 0 Å². The molecule has 0 aliphatic heterocycles. The Morgan fingerprint density at radius 1 is 1.30 bits per heavy atom. The first kappa shape index (κ1) is 21.4. The van der Waals surface area contributed by atoms with Crippen molar-refractivity contribution in [1.29, 1.82) is 0 Å². The molecule has 0 spiro atoms. The van der Waals surface area contributed by atoms with Gasteiger partial charge in [-0.15, -0.1) is 0 Å². The fourth-order valence-electron chi connectivity index (χ4n) is 2.51. The quantitative estimate of drug-likeness (QED) is 0.538. The van der Waals surface area contributed by atoms with Gasteiger partial charge < -0.3 is 4.57 Å². The molecule has 1 heterocycles. The van der Waals surface area contributed by atoms with Gasteiger partial charge in [0.15, 0.2) is 14.6 Å². The second kappa shape index (κ2) is 8.02. The molecule has 2 aromatic rings. The molecule has 0 saturated heterocycles. The molecule has 0 bridgehead atoms. The van der Waals surface area contributed by atoms with Crippen molar-refractivity contribution in [2.24, 2.45) is 0 Å². The van der Waals surface area contributed by atoms with Crippen molar-refractivity contribution in [3.63, 3.8) is 0 Å². The summed E-state index contributed by atoms with van der Waals surface area (Å²) in [6, 6.07) is 8.05. The first-order chi connectivity index (χ1) is 12.5. The van der Waals surface area contributed by atoms with Crippen molar-refractivity contribution in [1.82, 2.24) is 10.0 Å². The van der Waals surface area contributed by atoms with Crippen LogP contribution in [0.25, 0.3) is 11.1 Å². The van der Waals surface area contributed by atoms with E-state index in [2.05, 4.69) is 0 Å². The van der Waals surface area contributed by atoms with Gasteiger partial charge in [-0.05, 0) is 31.0 Å². The lowest BCUT2D eigenvalue weighted by Crippen LogP contribution is -2.49. The van der Waals surface area contributed by atoms with E-state index in [0.29, 0.717) is 21.2 Å². The number of amides is 1. The maximum absolute atomic E-state index is 12.4. The van der Waals surface area contributed by atoms with Crippen molar-refractivity contribution in [2.45, 2.75) is 24.6 Å². The summed E-state index contributed by atoms with van der Waals surface area (Å²) in [6.45, 7) is 1.15. The van der Waals surface area contributed by atoms with Crippen molar-refractivity contribution in [3.05, 3.63) is 56.9 Å². The number of aromatic nitrogens is 1. The first-order valence-electron chi connectivity index (χ1n) is 7.80. The number of benzene rings is 1. The summed E-state index contributed by atoms with van der Waals surface area (Å²) in [5, 5.41) is 9.52. The highest BCUT2D eigenvalue weighted by atomic mass is 35.5. The molecule has 0 radical (unpaired) electrons. The number of hydrogen-bond donors (Lipinski definition) is 2. The van der Waals surface area contributed by atoms with Gasteiger partial charge in [-0.3, -0.25) is 14.8 Å². The van der Waals surface area contributed by atoms with Crippen LogP contribution in [0.1, 0.15) is 13.3 Å². The largest absolute Gasteiger partial charge is 0.315 e. The van der Waals surface area contributed by atoms with Gasteiger partial charge in [0, 0.05) is 30.6 Å². The predicted octanol–water partition coefficient (Wildman–Crippen LogP) is 2.52. The highest BCUT2D eigenvalue weighted by molar-refractivity contribution is 7.92. The molecule has 1 unspecified atom stereocenters. The Kier molecular flexibility index (Phi) is 6.36. The molecule has 7 nitrogen and oxygen atoms in total. The number of pyridine rings is 1. The lowest BCUT2D eigenvalue weighted by Gasteiger charge is -2.25. The molecule has 0 aliphatic rings. The highest BCUT2D eigenvalue weighted by Crippen LogP contribution is 2.32. The number of carbonyl (C=O) groups excluding carboxylic acids is 1. The third-order valence-corrected chi connectivity index (χ3v) is 7.33. The van der Waals surface area contributed by atoms with Gasteiger partial charge in [-0.25, -0.2) is 13.9 Å². The van der Waals surface area contributed by atoms with E-state index in [-0.39, 0.29) is 13.0 Å². The molecule has 10 heteroatoms. The van der Waals surface area contributed by atoms with Gasteiger partial charge in [0.2, 0.25) is 0 Å². The number of sulfone groups is 1. The molecule has 1 atom stereocenters. The van der Waals surface area contributed by atoms with Crippen molar-refractivity contribution >= 4 is 38.9 Å². The fraction of sp³-hybridized carbons (Fsp3) is 0.294. The van der Waals surface area contributed by atoms with E-state index in [9.17, 15) is 18.0 Å². The smallest absolute Gasteiger partial charge is 0.264 e. The summed E-state index contributed by atoms with van der Waals surface area (Å²) >= 11 is 12.2. The van der Waals surface area contributed by atoms with Gasteiger partial charge in [0.1, 0.15) is 0 Å². The molecule has 2 N–H and O–H groups in total. The number of rotatable bonds is 6. The van der Waals surface area contributed by atoms with Crippen LogP contribution in [0.15, 0.2) is 41.3 Å². The summed E-state index contributed by atoms with van der Waals surface area (Å²) < 4.78 is 23.4. The highest BCUT2D eigenvalue weighted by Gasteiger charge is 2.43. The number of nitrogens with one attached hydrogen (secondary N) is 1. The molecule has 1 amide bonds. The van der Waals surface area contributed by atoms with Crippen molar-refractivity contribution < 1.29 is 18.4 Å². The second-order valence-corrected chi connectivity index (χ2v) is 9.47. The van der Waals surface area contributed by atoms with Crippen molar-refractivity contribution in [3.8, 4) is 11.1 Å². The molecule has 1 aromatic carbocycles. The molecule has 1 aromatic heterocycles. The minimum absolute atomic E-state index is 0.0423. The summed E-state index contributed by atoms with van der Waals surface area (Å²) in [7, 11) is -3.84. The van der Waals surface area contributed by atoms with Crippen LogP contribution in [0.5, 0.6) is 0 Å². The zero-order valence-corrected chi connectivity index (χ0v) is 16.9. The maximum atomic E-state index is 12.4. The number of halogens is 2. The zero-order valence-electron chi connectivity index (χ0n) is 14.6. The first-order valence-corrected chi connectivity index (χ1v) is 10.4. The Morgan fingerprint density at radius 3 is 2.52 bits per heavy atom. The number of hydrogen-bond acceptors (Lipinski definition) is 5. The Balaban J connectivity index is 2.33. The SMILES string of the molecule is CC(CCn1ccc(-c2cccc(Cl)c2Cl)cc1=O)(C(=O)NO)S(C)(=O)=O. The molecular formula is C17H18Cl2N2O5S. The monoisotopic (exact) mass is 432 g/mol. The van der Waals surface area contributed by atoms with Crippen LogP contribution in [0, 0.1) is 0 Å². The van der Waals surface area contributed by atoms with E-state index >= 15 is 0 Å². The fourth-order valence-corrected chi connectivity index (χ4v) is 3.76. The molecule has 146 valence electrons. The third-order valence-electron chi connectivity index (χ3n) is 4.49. The van der Waals surface area contributed by atoms with E-state index in [1.165, 1.54) is 29.2 Å². The molecular weight excluding hydrogens is 415 g/mol. The Labute approximate surface area is 166 Å². The van der Waals surface area contributed by atoms with Gasteiger partial charge in [-0.2, -0.15) is 0 Å². The van der Waals surface area contributed by atoms with Crippen LogP contribution in [0.2, 0.25) is 10.0 Å². The second-order valence-electron chi connectivity index (χ2n) is 6.24. The standard InChI is InChI=1S/C17H18Cl2N2O5S/c1-17(16(23)20-24,27(2,25)26)7-9-21-8-6-11(10-14(21)22)12-4-3-5-13(18)15(12)19/h3-6,8,10,24H,7,9H2,1-2H3,(H,20,23). The van der Waals surface area contributed by atoms with Gasteiger partial charge in [0.25, 0.3) is 11.5 Å². The summed E-state index contributed by atoms with van der Waals surface area (Å²) in [6.07, 6.45) is 2.18. The Morgan fingerprint density at radius 2 is 1.96 bits per heavy atom. The van der Waals surface area contributed by atoms with Crippen LogP contribution >= 0.6 is 23.2 Å². The summed E-state index contributed by atoms with van der Waals surface area (Å²) in [4.78, 5) is 24.2. The minimum atomic E-state index is -3.84. The molecule has 27 heavy (non-hydrogen) atoms. The minimum Gasteiger partial charge on any atom is -0.315 e. The average Bonchev–Trinajstić information content (AvgIpc) is 2.61. The molecule has 0 aliphatic carbocycles. The van der Waals surface area contributed by atoms with Crippen molar-refractivity contribution in [2.75, 3.05) is 6.26 Å². The molecule has 0 fully saturated rings. The van der Waals surface area contributed by atoms with E-state index in [0.717, 1.165) is 6.26 Å². The summed E-state index contributed by atoms with van der Waals surface area (Å²) in [5.41, 5.74) is 2.12. The Bertz CT molecular complexity index is 1040. The number of hydroxylamine groups is 1. The predicted molar refractivity (Wildman–Crippen MR) is 104 cm³/mol. The maximum Gasteiger partial charge on any atom is 0.264 e. The van der Waals surface area contributed by atoms with E-state index in [1.807, 2.05) is 0 Å². The lowest BCUT2D eigenvalue weighted by atomic mass is 10.1. The van der Waals surface area contributed by atoms with E-state index in [1.54, 1.807) is 24.3 Å². The van der Waals surface area contributed by atoms with E-state index < -0.39 is 26.1 Å². The normalized spacial score (nSPS) is 13.8. The van der Waals surface area contributed by atoms with Gasteiger partial charge in [-0.1, -0.05) is 35.3 Å². The average molecular weight is 433 g/mol. The van der Waals surface area contributed by atoms with Gasteiger partial charge in [0.05, 0.1) is 10.0 Å². The van der Waals surface area contributed by atoms with Gasteiger partial charge >= 0.3 is 0 Å². The molecule has 2 rings (SSSR count). The lowest BCUT2D eigenvalue weighted by molar-refractivity contribution is -0.131. The number of carbonyl (C=O) groups is 1. The zero-order chi connectivity index (χ0) is 20.4. The van der Waals surface area contributed by atoms with Crippen LogP contribution < -0.4 is 11.0 Å². The van der Waals surface area contributed by atoms with Crippen LogP contribution in [0.3, 0.4) is 0 Å². The molecule has 0 saturated carbocycles. The third kappa shape index (κ3) is 4.35. The topological polar surface area (TPSA) is 105 Å². The van der Waals surface area contributed by atoms with Crippen LogP contribution in [-0.2, 0) is 21.2 Å². The summed E-state index contributed by atoms with van der Waals surface area (Å²) in [5.74, 6) is -1.06. The number of aryl methyl sites for hydroxylation is 1. The van der Waals surface area contributed by atoms with Crippen LogP contribution in [-0.4, -0.2) is 35.1 Å². The van der Waals surface area contributed by atoms with E-state index in [4.69, 9.17) is 28.4 Å². The Hall–Kier alpha value is -1.87.